The van der Waals surface area contributed by atoms with Crippen LogP contribution >= 0.6 is 0 Å². The highest BCUT2D eigenvalue weighted by atomic mass is 32.2. The summed E-state index contributed by atoms with van der Waals surface area (Å²) >= 11 is 0. The number of hydrogen-bond donors (Lipinski definition) is 1. The quantitative estimate of drug-likeness (QED) is 0.797. The van der Waals surface area contributed by atoms with E-state index in [-0.39, 0.29) is 13.2 Å². The Bertz CT molecular complexity index is 500. The van der Waals surface area contributed by atoms with Crippen molar-refractivity contribution in [3.63, 3.8) is 0 Å². The van der Waals surface area contributed by atoms with Crippen molar-refractivity contribution in [1.29, 1.82) is 0 Å². The zero-order valence-corrected chi connectivity index (χ0v) is 11.6. The second-order valence-corrected chi connectivity index (χ2v) is 5.65. The molecular weight excluding hydrogens is 270 g/mol. The minimum absolute atomic E-state index is 0.0562. The van der Waals surface area contributed by atoms with Crippen molar-refractivity contribution in [2.45, 2.75) is 19.6 Å². The molecule has 1 N–H and O–H groups in total. The van der Waals surface area contributed by atoms with Crippen LogP contribution in [0.15, 0.2) is 30.3 Å². The number of carbonyl (C=O) groups excluding carboxylic acids is 1. The van der Waals surface area contributed by atoms with Crippen LogP contribution < -0.4 is 5.32 Å². The molecule has 0 unspecified atom stereocenters. The summed E-state index contributed by atoms with van der Waals surface area (Å²) in [4.78, 5) is 11.3. The lowest BCUT2D eigenvalue weighted by molar-refractivity contribution is 0.133. The first-order chi connectivity index (χ1) is 8.87. The minimum atomic E-state index is -3.52. The van der Waals surface area contributed by atoms with Crippen LogP contribution in [-0.4, -0.2) is 33.4 Å². The van der Waals surface area contributed by atoms with Gasteiger partial charge in [-0.1, -0.05) is 30.3 Å². The third kappa shape index (κ3) is 7.43. The van der Waals surface area contributed by atoms with Gasteiger partial charge in [-0.2, -0.15) is 8.42 Å². The number of hydrogen-bond acceptors (Lipinski definition) is 5. The van der Waals surface area contributed by atoms with Crippen LogP contribution in [0.3, 0.4) is 0 Å². The van der Waals surface area contributed by atoms with Crippen LogP contribution in [0.2, 0.25) is 0 Å². The molecule has 0 radical (unpaired) electrons. The Labute approximate surface area is 112 Å². The molecule has 0 aromatic heterocycles. The van der Waals surface area contributed by atoms with Gasteiger partial charge in [0.05, 0.1) is 12.4 Å². The number of rotatable bonds is 6. The molecule has 1 atom stereocenters. The number of alkyl carbamates (subject to hydrolysis) is 1. The molecule has 1 amide bonds. The topological polar surface area (TPSA) is 81.7 Å². The fourth-order valence-electron chi connectivity index (χ4n) is 1.33. The summed E-state index contributed by atoms with van der Waals surface area (Å²) in [5.74, 6) is 0. The lowest BCUT2D eigenvalue weighted by atomic mass is 10.2. The first-order valence-electron chi connectivity index (χ1n) is 5.69. The molecule has 0 saturated heterocycles. The Morgan fingerprint density at radius 1 is 1.32 bits per heavy atom. The maximum atomic E-state index is 11.3. The molecule has 1 aromatic carbocycles. The summed E-state index contributed by atoms with van der Waals surface area (Å²) in [6, 6.07) is 9.23. The highest BCUT2D eigenvalue weighted by Gasteiger charge is 2.11. The van der Waals surface area contributed by atoms with Crippen LogP contribution in [0, 0.1) is 0 Å². The Morgan fingerprint density at radius 2 is 1.95 bits per heavy atom. The molecule has 0 spiro atoms. The first kappa shape index (κ1) is 15.5. The lowest BCUT2D eigenvalue weighted by Gasteiger charge is -2.12. The normalized spacial score (nSPS) is 12.7. The summed E-state index contributed by atoms with van der Waals surface area (Å²) < 4.78 is 31.3. The molecule has 19 heavy (non-hydrogen) atoms. The number of carbonyl (C=O) groups is 1. The van der Waals surface area contributed by atoms with E-state index in [2.05, 4.69) is 9.50 Å². The standard InChI is InChI=1S/C12H17NO5S/c1-10(18-19(2,15)16)8-13-12(14)17-9-11-6-4-3-5-7-11/h3-7,10H,8-9H2,1-2H3,(H,13,14)/t10-/m1/s1. The molecule has 0 bridgehead atoms. The largest absolute Gasteiger partial charge is 0.445 e. The van der Waals surface area contributed by atoms with Crippen molar-refractivity contribution in [2.24, 2.45) is 0 Å². The fourth-order valence-corrected chi connectivity index (χ4v) is 2.00. The van der Waals surface area contributed by atoms with Gasteiger partial charge in [0, 0.05) is 6.54 Å². The van der Waals surface area contributed by atoms with Crippen LogP contribution in [0.5, 0.6) is 0 Å². The second-order valence-electron chi connectivity index (χ2n) is 4.05. The van der Waals surface area contributed by atoms with Crippen molar-refractivity contribution in [3.05, 3.63) is 35.9 Å². The molecule has 0 saturated carbocycles. The minimum Gasteiger partial charge on any atom is -0.445 e. The molecule has 0 aliphatic rings. The van der Waals surface area contributed by atoms with Gasteiger partial charge in [-0.15, -0.1) is 0 Å². The van der Waals surface area contributed by atoms with Gasteiger partial charge in [0.2, 0.25) is 0 Å². The molecule has 7 heteroatoms. The zero-order chi connectivity index (χ0) is 14.3. The number of amides is 1. The molecule has 0 aliphatic heterocycles. The molecule has 0 heterocycles. The first-order valence-corrected chi connectivity index (χ1v) is 7.51. The Balaban J connectivity index is 2.25. The Kier molecular flexibility index (Phi) is 5.78. The third-order valence-corrected chi connectivity index (χ3v) is 2.76. The molecule has 0 aliphatic carbocycles. The Morgan fingerprint density at radius 3 is 2.53 bits per heavy atom. The van der Waals surface area contributed by atoms with E-state index in [1.165, 1.54) is 0 Å². The van der Waals surface area contributed by atoms with Crippen LogP contribution in [0.4, 0.5) is 4.79 Å². The highest BCUT2D eigenvalue weighted by Crippen LogP contribution is 2.01. The van der Waals surface area contributed by atoms with Gasteiger partial charge in [0.25, 0.3) is 10.1 Å². The van der Waals surface area contributed by atoms with E-state index < -0.39 is 22.3 Å². The SMILES string of the molecule is C[C@H](CNC(=O)OCc1ccccc1)OS(C)(=O)=O. The lowest BCUT2D eigenvalue weighted by Crippen LogP contribution is -2.33. The fraction of sp³-hybridized carbons (Fsp3) is 0.417. The smallest absolute Gasteiger partial charge is 0.407 e. The van der Waals surface area contributed by atoms with Crippen molar-refractivity contribution >= 4 is 16.2 Å². The molecule has 106 valence electrons. The highest BCUT2D eigenvalue weighted by molar-refractivity contribution is 7.86. The van der Waals surface area contributed by atoms with Crippen molar-refractivity contribution < 1.29 is 22.1 Å². The predicted molar refractivity (Wildman–Crippen MR) is 70.0 cm³/mol. The van der Waals surface area contributed by atoms with Gasteiger partial charge in [-0.3, -0.25) is 4.18 Å². The summed E-state index contributed by atoms with van der Waals surface area (Å²) in [6.07, 6.45) is -0.302. The molecule has 1 rings (SSSR count). The molecule has 1 aromatic rings. The van der Waals surface area contributed by atoms with Gasteiger partial charge in [-0.25, -0.2) is 4.79 Å². The summed E-state index contributed by atoms with van der Waals surface area (Å²) in [7, 11) is -3.52. The van der Waals surface area contributed by atoms with Gasteiger partial charge in [0.15, 0.2) is 0 Å². The molecule has 6 nitrogen and oxygen atoms in total. The summed E-state index contributed by atoms with van der Waals surface area (Å²) in [5, 5.41) is 2.42. The van der Waals surface area contributed by atoms with Crippen molar-refractivity contribution in [3.8, 4) is 0 Å². The monoisotopic (exact) mass is 287 g/mol. The maximum absolute atomic E-state index is 11.3. The predicted octanol–water partition coefficient (Wildman–Crippen LogP) is 1.28. The van der Waals surface area contributed by atoms with Crippen LogP contribution in [0.25, 0.3) is 0 Å². The van der Waals surface area contributed by atoms with E-state index in [1.807, 2.05) is 30.3 Å². The Hall–Kier alpha value is -1.60. The number of nitrogens with one attached hydrogen (secondary N) is 1. The van der Waals surface area contributed by atoms with E-state index in [4.69, 9.17) is 4.74 Å². The van der Waals surface area contributed by atoms with E-state index in [1.54, 1.807) is 6.92 Å². The van der Waals surface area contributed by atoms with Crippen molar-refractivity contribution in [1.82, 2.24) is 5.32 Å². The van der Waals surface area contributed by atoms with E-state index in [0.29, 0.717) is 0 Å². The van der Waals surface area contributed by atoms with E-state index in [9.17, 15) is 13.2 Å². The van der Waals surface area contributed by atoms with Gasteiger partial charge in [-0.05, 0) is 12.5 Å². The zero-order valence-electron chi connectivity index (χ0n) is 10.8. The number of benzene rings is 1. The van der Waals surface area contributed by atoms with Crippen molar-refractivity contribution in [2.75, 3.05) is 12.8 Å². The van der Waals surface area contributed by atoms with E-state index in [0.717, 1.165) is 11.8 Å². The van der Waals surface area contributed by atoms with Crippen LogP contribution in [0.1, 0.15) is 12.5 Å². The average molecular weight is 287 g/mol. The van der Waals surface area contributed by atoms with E-state index >= 15 is 0 Å². The van der Waals surface area contributed by atoms with Crippen LogP contribution in [-0.2, 0) is 25.6 Å². The van der Waals surface area contributed by atoms with Gasteiger partial charge < -0.3 is 10.1 Å². The summed E-state index contributed by atoms with van der Waals surface area (Å²) in [6.45, 7) is 1.76. The number of ether oxygens (including phenoxy) is 1. The van der Waals surface area contributed by atoms with Gasteiger partial charge in [0.1, 0.15) is 6.61 Å². The molecular formula is C12H17NO5S. The second kappa shape index (κ2) is 7.10. The summed E-state index contributed by atoms with van der Waals surface area (Å²) in [5.41, 5.74) is 0.873. The third-order valence-electron chi connectivity index (χ3n) is 2.09. The average Bonchev–Trinajstić information content (AvgIpc) is 2.33. The molecule has 0 fully saturated rings. The maximum Gasteiger partial charge on any atom is 0.407 e. The van der Waals surface area contributed by atoms with Gasteiger partial charge >= 0.3 is 6.09 Å².